The van der Waals surface area contributed by atoms with E-state index >= 15 is 0 Å². The van der Waals surface area contributed by atoms with Gasteiger partial charge in [0.15, 0.2) is 0 Å². The second-order valence-corrected chi connectivity index (χ2v) is 4.97. The number of nitrogens with one attached hydrogen (secondary N) is 1. The number of hydrogen-bond donors (Lipinski definition) is 2. The third kappa shape index (κ3) is 2.99. The molecule has 0 spiro atoms. The molecule has 0 amide bonds. The molecular formula is C14H23NO. The molecule has 16 heavy (non-hydrogen) atoms. The summed E-state index contributed by atoms with van der Waals surface area (Å²) in [7, 11) is 0. The predicted molar refractivity (Wildman–Crippen MR) is 68.8 cm³/mol. The molecule has 0 aliphatic carbocycles. The summed E-state index contributed by atoms with van der Waals surface area (Å²) in [4.78, 5) is 0. The first-order valence-electron chi connectivity index (χ1n) is 5.96. The number of hydrogen-bond acceptors (Lipinski definition) is 2. The molecule has 0 bridgehead atoms. The zero-order valence-corrected chi connectivity index (χ0v) is 11.0. The lowest BCUT2D eigenvalue weighted by Gasteiger charge is -2.18. The maximum atomic E-state index is 10.1. The van der Waals surface area contributed by atoms with Crippen molar-refractivity contribution in [3.8, 4) is 5.75 Å². The highest BCUT2D eigenvalue weighted by Gasteiger charge is 2.12. The average Bonchev–Trinajstić information content (AvgIpc) is 2.23. The van der Waals surface area contributed by atoms with Crippen molar-refractivity contribution >= 4 is 0 Å². The van der Waals surface area contributed by atoms with Crippen molar-refractivity contribution in [2.45, 2.75) is 40.7 Å². The van der Waals surface area contributed by atoms with Crippen LogP contribution in [0.3, 0.4) is 0 Å². The lowest BCUT2D eigenvalue weighted by atomic mass is 10.00. The molecule has 0 aromatic heterocycles. The van der Waals surface area contributed by atoms with Crippen LogP contribution in [0.15, 0.2) is 12.1 Å². The minimum absolute atomic E-state index is 0.196. The van der Waals surface area contributed by atoms with Crippen LogP contribution < -0.4 is 5.32 Å². The monoisotopic (exact) mass is 221 g/mol. The van der Waals surface area contributed by atoms with Gasteiger partial charge in [0.25, 0.3) is 0 Å². The predicted octanol–water partition coefficient (Wildman–Crippen LogP) is 3.32. The van der Waals surface area contributed by atoms with Crippen molar-refractivity contribution in [3.05, 3.63) is 28.8 Å². The van der Waals surface area contributed by atoms with Crippen molar-refractivity contribution < 1.29 is 5.11 Å². The Balaban J connectivity index is 2.84. The van der Waals surface area contributed by atoms with Crippen LogP contribution in [0.2, 0.25) is 0 Å². The molecule has 0 saturated heterocycles. The van der Waals surface area contributed by atoms with E-state index in [1.54, 1.807) is 0 Å². The van der Waals surface area contributed by atoms with Gasteiger partial charge in [-0.05, 0) is 44.4 Å². The third-order valence-electron chi connectivity index (χ3n) is 3.03. The summed E-state index contributed by atoms with van der Waals surface area (Å²) >= 11 is 0. The van der Waals surface area contributed by atoms with Crippen LogP contribution in [0.5, 0.6) is 5.75 Å². The molecule has 0 fully saturated rings. The minimum atomic E-state index is 0.196. The van der Waals surface area contributed by atoms with Gasteiger partial charge in [0.05, 0.1) is 0 Å². The van der Waals surface area contributed by atoms with E-state index in [0.29, 0.717) is 11.7 Å². The first-order chi connectivity index (χ1) is 7.43. The SMILES string of the molecule is Cc1ccc(C(C)NCC(C)C)c(O)c1C. The Kier molecular flexibility index (Phi) is 4.36. The van der Waals surface area contributed by atoms with Gasteiger partial charge >= 0.3 is 0 Å². The molecule has 1 unspecified atom stereocenters. The van der Waals surface area contributed by atoms with E-state index < -0.39 is 0 Å². The van der Waals surface area contributed by atoms with E-state index in [1.165, 1.54) is 0 Å². The standard InChI is InChI=1S/C14H23NO/c1-9(2)8-15-12(5)13-7-6-10(3)11(4)14(13)16/h6-7,9,12,15-16H,8H2,1-5H3. The first kappa shape index (κ1) is 13.0. The van der Waals surface area contributed by atoms with Crippen LogP contribution >= 0.6 is 0 Å². The van der Waals surface area contributed by atoms with Crippen LogP contribution in [0.4, 0.5) is 0 Å². The fourth-order valence-corrected chi connectivity index (χ4v) is 1.69. The zero-order valence-electron chi connectivity index (χ0n) is 11.0. The summed E-state index contributed by atoms with van der Waals surface area (Å²) in [5.74, 6) is 1.06. The topological polar surface area (TPSA) is 32.3 Å². The van der Waals surface area contributed by atoms with Crippen LogP contribution in [0, 0.1) is 19.8 Å². The van der Waals surface area contributed by atoms with Gasteiger partial charge in [-0.15, -0.1) is 0 Å². The van der Waals surface area contributed by atoms with E-state index in [-0.39, 0.29) is 6.04 Å². The molecule has 2 N–H and O–H groups in total. The highest BCUT2D eigenvalue weighted by Crippen LogP contribution is 2.29. The van der Waals surface area contributed by atoms with Crippen LogP contribution in [0.25, 0.3) is 0 Å². The molecular weight excluding hydrogens is 198 g/mol. The molecule has 90 valence electrons. The normalized spacial score (nSPS) is 13.1. The fourth-order valence-electron chi connectivity index (χ4n) is 1.69. The highest BCUT2D eigenvalue weighted by atomic mass is 16.3. The maximum Gasteiger partial charge on any atom is 0.123 e. The highest BCUT2D eigenvalue weighted by molar-refractivity contribution is 5.45. The van der Waals surface area contributed by atoms with Gasteiger partial charge in [-0.2, -0.15) is 0 Å². The molecule has 2 heteroatoms. The molecule has 0 aliphatic rings. The van der Waals surface area contributed by atoms with Gasteiger partial charge in [-0.3, -0.25) is 0 Å². The molecule has 0 heterocycles. The fraction of sp³-hybridized carbons (Fsp3) is 0.571. The Hall–Kier alpha value is -1.02. The third-order valence-corrected chi connectivity index (χ3v) is 3.03. The summed E-state index contributed by atoms with van der Waals surface area (Å²) in [5, 5.41) is 13.5. The zero-order chi connectivity index (χ0) is 12.3. The van der Waals surface area contributed by atoms with E-state index in [9.17, 15) is 5.11 Å². The number of benzene rings is 1. The number of aromatic hydroxyl groups is 1. The Bertz CT molecular complexity index is 358. The van der Waals surface area contributed by atoms with Crippen LogP contribution in [-0.4, -0.2) is 11.7 Å². The molecule has 0 saturated carbocycles. The number of rotatable bonds is 4. The van der Waals surface area contributed by atoms with Gasteiger partial charge in [0.1, 0.15) is 5.75 Å². The van der Waals surface area contributed by atoms with Gasteiger partial charge in [0, 0.05) is 11.6 Å². The van der Waals surface area contributed by atoms with Gasteiger partial charge in [-0.25, -0.2) is 0 Å². The molecule has 1 atom stereocenters. The number of phenols is 1. The van der Waals surface area contributed by atoms with E-state index in [1.807, 2.05) is 19.9 Å². The van der Waals surface area contributed by atoms with Gasteiger partial charge in [-0.1, -0.05) is 26.0 Å². The summed E-state index contributed by atoms with van der Waals surface area (Å²) in [5.41, 5.74) is 3.11. The summed E-state index contributed by atoms with van der Waals surface area (Å²) in [6.45, 7) is 11.4. The summed E-state index contributed by atoms with van der Waals surface area (Å²) in [6.07, 6.45) is 0. The lowest BCUT2D eigenvalue weighted by Crippen LogP contribution is -2.23. The maximum absolute atomic E-state index is 10.1. The summed E-state index contributed by atoms with van der Waals surface area (Å²) in [6, 6.07) is 4.27. The van der Waals surface area contributed by atoms with Crippen molar-refractivity contribution in [1.82, 2.24) is 5.32 Å². The van der Waals surface area contributed by atoms with Crippen molar-refractivity contribution in [2.75, 3.05) is 6.54 Å². The Morgan fingerprint density at radius 1 is 1.19 bits per heavy atom. The smallest absolute Gasteiger partial charge is 0.123 e. The molecule has 0 aliphatic heterocycles. The number of aryl methyl sites for hydroxylation is 1. The lowest BCUT2D eigenvalue weighted by molar-refractivity contribution is 0.439. The summed E-state index contributed by atoms with van der Waals surface area (Å²) < 4.78 is 0. The van der Waals surface area contributed by atoms with Crippen molar-refractivity contribution in [2.24, 2.45) is 5.92 Å². The van der Waals surface area contributed by atoms with E-state index in [0.717, 1.165) is 23.2 Å². The quantitative estimate of drug-likeness (QED) is 0.817. The molecule has 0 radical (unpaired) electrons. The Morgan fingerprint density at radius 3 is 2.38 bits per heavy atom. The van der Waals surface area contributed by atoms with E-state index in [2.05, 4.69) is 32.2 Å². The minimum Gasteiger partial charge on any atom is -0.507 e. The van der Waals surface area contributed by atoms with Crippen LogP contribution in [0.1, 0.15) is 43.5 Å². The molecule has 2 nitrogen and oxygen atoms in total. The molecule has 1 aromatic rings. The first-order valence-corrected chi connectivity index (χ1v) is 5.96. The van der Waals surface area contributed by atoms with E-state index in [4.69, 9.17) is 0 Å². The van der Waals surface area contributed by atoms with Crippen LogP contribution in [-0.2, 0) is 0 Å². The van der Waals surface area contributed by atoms with Gasteiger partial charge < -0.3 is 10.4 Å². The largest absolute Gasteiger partial charge is 0.507 e. The molecule has 1 aromatic carbocycles. The Labute approximate surface area is 98.7 Å². The van der Waals surface area contributed by atoms with Crippen molar-refractivity contribution in [1.29, 1.82) is 0 Å². The Morgan fingerprint density at radius 2 is 1.81 bits per heavy atom. The second-order valence-electron chi connectivity index (χ2n) is 4.97. The van der Waals surface area contributed by atoms with Gasteiger partial charge in [0.2, 0.25) is 0 Å². The van der Waals surface area contributed by atoms with Crippen molar-refractivity contribution in [3.63, 3.8) is 0 Å². The molecule has 1 rings (SSSR count). The number of phenolic OH excluding ortho intramolecular Hbond substituents is 1. The second kappa shape index (κ2) is 5.35. The average molecular weight is 221 g/mol.